The molecule has 1 N–H and O–H groups in total. The van der Waals surface area contributed by atoms with E-state index in [4.69, 9.17) is 16.3 Å². The van der Waals surface area contributed by atoms with Crippen LogP contribution in [0.1, 0.15) is 10.4 Å². The molecule has 3 rings (SSSR count). The summed E-state index contributed by atoms with van der Waals surface area (Å²) in [6, 6.07) is 11.1. The molecule has 2 aromatic carbocycles. The van der Waals surface area contributed by atoms with Crippen molar-refractivity contribution in [2.24, 2.45) is 0 Å². The average molecular weight is 413 g/mol. The lowest BCUT2D eigenvalue weighted by Crippen LogP contribution is -2.01. The van der Waals surface area contributed by atoms with Crippen molar-refractivity contribution in [1.29, 1.82) is 0 Å². The van der Waals surface area contributed by atoms with Crippen LogP contribution >= 0.6 is 34.2 Å². The van der Waals surface area contributed by atoms with Crippen LogP contribution in [0, 0.1) is 3.57 Å². The van der Waals surface area contributed by atoms with E-state index < -0.39 is 5.97 Å². The van der Waals surface area contributed by atoms with E-state index in [0.717, 1.165) is 14.7 Å². The Morgan fingerprint density at radius 3 is 2.86 bits per heavy atom. The number of halogens is 2. The number of H-pyrrole nitrogens is 1. The smallest absolute Gasteiger partial charge is 0.340 e. The number of para-hydroxylation sites is 1. The fourth-order valence-corrected chi connectivity index (χ4v) is 2.60. The summed E-state index contributed by atoms with van der Waals surface area (Å²) in [5.74, 6) is 0.263. The predicted octanol–water partition coefficient (Wildman–Crippen LogP) is 4.27. The molecule has 106 valence electrons. The molecule has 1 heterocycles. The van der Waals surface area contributed by atoms with Crippen LogP contribution in [0.5, 0.6) is 0 Å². The van der Waals surface area contributed by atoms with E-state index in [0.29, 0.717) is 21.9 Å². The maximum atomic E-state index is 11.8. The monoisotopic (exact) mass is 412 g/mol. The molecule has 0 aliphatic heterocycles. The van der Waals surface area contributed by atoms with Crippen molar-refractivity contribution in [3.8, 4) is 11.4 Å². The normalized spacial score (nSPS) is 10.8. The van der Waals surface area contributed by atoms with Gasteiger partial charge in [-0.3, -0.25) is 0 Å². The van der Waals surface area contributed by atoms with Gasteiger partial charge in [0.25, 0.3) is 0 Å². The molecule has 0 amide bonds. The van der Waals surface area contributed by atoms with Crippen molar-refractivity contribution in [1.82, 2.24) is 9.97 Å². The molecule has 1 aromatic heterocycles. The van der Waals surface area contributed by atoms with Crippen molar-refractivity contribution in [3.05, 3.63) is 50.6 Å². The highest BCUT2D eigenvalue weighted by atomic mass is 127. The Labute approximate surface area is 139 Å². The standard InChI is InChI=1S/C15H10ClIN2O2/c1-21-15(20)9-3-2-4-12-13(9)19-14(18-12)8-5-6-11(17)10(16)7-8/h2-7H,1H3,(H,18,19). The number of carbonyl (C=O) groups is 1. The molecule has 4 nitrogen and oxygen atoms in total. The Morgan fingerprint density at radius 2 is 2.14 bits per heavy atom. The molecule has 6 heteroatoms. The molecule has 0 fully saturated rings. The lowest BCUT2D eigenvalue weighted by Gasteiger charge is -1.99. The summed E-state index contributed by atoms with van der Waals surface area (Å²) in [5.41, 5.74) is 2.68. The average Bonchev–Trinajstić information content (AvgIpc) is 2.93. The van der Waals surface area contributed by atoms with Crippen molar-refractivity contribution in [3.63, 3.8) is 0 Å². The number of esters is 1. The van der Waals surface area contributed by atoms with E-state index >= 15 is 0 Å². The number of methoxy groups -OCH3 is 1. The van der Waals surface area contributed by atoms with Gasteiger partial charge in [0, 0.05) is 9.13 Å². The first-order chi connectivity index (χ1) is 10.1. The van der Waals surface area contributed by atoms with Crippen molar-refractivity contribution >= 4 is 51.2 Å². The highest BCUT2D eigenvalue weighted by Crippen LogP contribution is 2.27. The SMILES string of the molecule is COC(=O)c1cccc2[nH]c(-c3ccc(I)c(Cl)c3)nc12. The first-order valence-electron chi connectivity index (χ1n) is 6.12. The summed E-state index contributed by atoms with van der Waals surface area (Å²) >= 11 is 8.31. The summed E-state index contributed by atoms with van der Waals surface area (Å²) < 4.78 is 5.76. The second kappa shape index (κ2) is 5.65. The van der Waals surface area contributed by atoms with E-state index in [1.807, 2.05) is 24.3 Å². The number of benzene rings is 2. The largest absolute Gasteiger partial charge is 0.465 e. The molecular weight excluding hydrogens is 403 g/mol. The number of aromatic nitrogens is 2. The number of hydrogen-bond donors (Lipinski definition) is 1. The number of carbonyl (C=O) groups excluding carboxylic acids is 1. The molecule has 0 saturated carbocycles. The van der Waals surface area contributed by atoms with Gasteiger partial charge < -0.3 is 9.72 Å². The van der Waals surface area contributed by atoms with Gasteiger partial charge in [-0.05, 0) is 46.9 Å². The third-order valence-electron chi connectivity index (χ3n) is 3.11. The molecule has 0 radical (unpaired) electrons. The number of hydrogen-bond acceptors (Lipinski definition) is 3. The Balaban J connectivity index is 2.17. The molecule has 0 aliphatic rings. The summed E-state index contributed by atoms with van der Waals surface area (Å²) in [4.78, 5) is 19.5. The third-order valence-corrected chi connectivity index (χ3v) is 4.68. The van der Waals surface area contributed by atoms with E-state index in [-0.39, 0.29) is 0 Å². The van der Waals surface area contributed by atoms with Crippen LogP contribution in [0.3, 0.4) is 0 Å². The maximum Gasteiger partial charge on any atom is 0.340 e. The van der Waals surface area contributed by atoms with Crippen LogP contribution in [0.4, 0.5) is 0 Å². The third kappa shape index (κ3) is 2.63. The Morgan fingerprint density at radius 1 is 1.33 bits per heavy atom. The summed E-state index contributed by atoms with van der Waals surface area (Å²) in [6.07, 6.45) is 0. The maximum absolute atomic E-state index is 11.8. The minimum Gasteiger partial charge on any atom is -0.465 e. The number of ether oxygens (including phenoxy) is 1. The van der Waals surface area contributed by atoms with Gasteiger partial charge in [-0.15, -0.1) is 0 Å². The van der Waals surface area contributed by atoms with Gasteiger partial charge in [0.05, 0.1) is 23.2 Å². The predicted molar refractivity (Wildman–Crippen MR) is 90.6 cm³/mol. The Bertz CT molecular complexity index is 845. The van der Waals surface area contributed by atoms with Gasteiger partial charge in [-0.2, -0.15) is 0 Å². The van der Waals surface area contributed by atoms with Crippen LogP contribution in [-0.2, 0) is 4.74 Å². The number of nitrogens with one attached hydrogen (secondary N) is 1. The zero-order valence-corrected chi connectivity index (χ0v) is 13.9. The van der Waals surface area contributed by atoms with Crippen LogP contribution in [-0.4, -0.2) is 23.0 Å². The van der Waals surface area contributed by atoms with Crippen molar-refractivity contribution in [2.75, 3.05) is 7.11 Å². The number of nitrogens with zero attached hydrogens (tertiary/aromatic N) is 1. The van der Waals surface area contributed by atoms with Gasteiger partial charge in [0.15, 0.2) is 0 Å². The zero-order valence-electron chi connectivity index (χ0n) is 11.0. The fourth-order valence-electron chi connectivity index (χ4n) is 2.09. The van der Waals surface area contributed by atoms with Crippen molar-refractivity contribution in [2.45, 2.75) is 0 Å². The number of fused-ring (bicyclic) bond motifs is 1. The molecule has 0 saturated heterocycles. The van der Waals surface area contributed by atoms with Crippen molar-refractivity contribution < 1.29 is 9.53 Å². The minimum absolute atomic E-state index is 0.403. The first-order valence-corrected chi connectivity index (χ1v) is 7.58. The van der Waals surface area contributed by atoms with Gasteiger partial charge in [0.2, 0.25) is 0 Å². The summed E-state index contributed by atoms with van der Waals surface area (Å²) in [7, 11) is 1.35. The zero-order chi connectivity index (χ0) is 15.0. The summed E-state index contributed by atoms with van der Waals surface area (Å²) in [5, 5.41) is 0.668. The molecule has 0 spiro atoms. The number of aromatic amines is 1. The number of imidazole rings is 1. The van der Waals surface area contributed by atoms with Gasteiger partial charge in [-0.25, -0.2) is 9.78 Å². The topological polar surface area (TPSA) is 55.0 Å². The molecule has 0 aliphatic carbocycles. The molecule has 3 aromatic rings. The molecule has 0 atom stereocenters. The molecule has 0 bridgehead atoms. The van der Waals surface area contributed by atoms with E-state index in [1.54, 1.807) is 12.1 Å². The molecule has 21 heavy (non-hydrogen) atoms. The Kier molecular flexibility index (Phi) is 3.86. The van der Waals surface area contributed by atoms with Crippen LogP contribution in [0.25, 0.3) is 22.4 Å². The Hall–Kier alpha value is -1.60. The van der Waals surface area contributed by atoms with Crippen LogP contribution in [0.15, 0.2) is 36.4 Å². The van der Waals surface area contributed by atoms with Crippen LogP contribution in [0.2, 0.25) is 5.02 Å². The van der Waals surface area contributed by atoms with E-state index in [1.165, 1.54) is 7.11 Å². The number of rotatable bonds is 2. The van der Waals surface area contributed by atoms with E-state index in [2.05, 4.69) is 32.6 Å². The first kappa shape index (κ1) is 14.3. The quantitative estimate of drug-likeness (QED) is 0.505. The highest BCUT2D eigenvalue weighted by molar-refractivity contribution is 14.1. The summed E-state index contributed by atoms with van der Waals surface area (Å²) in [6.45, 7) is 0. The van der Waals surface area contributed by atoms with E-state index in [9.17, 15) is 4.79 Å². The second-order valence-corrected chi connectivity index (χ2v) is 5.98. The lowest BCUT2D eigenvalue weighted by atomic mass is 10.2. The second-order valence-electron chi connectivity index (χ2n) is 4.41. The lowest BCUT2D eigenvalue weighted by molar-refractivity contribution is 0.0603. The highest BCUT2D eigenvalue weighted by Gasteiger charge is 2.14. The molecular formula is C15H10ClIN2O2. The fraction of sp³-hybridized carbons (Fsp3) is 0.0667. The van der Waals surface area contributed by atoms with Crippen LogP contribution < -0.4 is 0 Å². The van der Waals surface area contributed by atoms with Gasteiger partial charge in [0.1, 0.15) is 11.3 Å². The minimum atomic E-state index is -0.403. The van der Waals surface area contributed by atoms with Gasteiger partial charge >= 0.3 is 5.97 Å². The molecule has 0 unspecified atom stereocenters. The van der Waals surface area contributed by atoms with Gasteiger partial charge in [-0.1, -0.05) is 23.7 Å².